The number of nitrogens with zero attached hydrogens (tertiary/aromatic N) is 4. The lowest BCUT2D eigenvalue weighted by Gasteiger charge is -2.18. The predicted octanol–water partition coefficient (Wildman–Crippen LogP) is 4.74. The molecule has 0 aliphatic heterocycles. The molecule has 0 saturated carbocycles. The minimum absolute atomic E-state index is 0.468. The molecule has 0 fully saturated rings. The zero-order valence-corrected chi connectivity index (χ0v) is 15.3. The van der Waals surface area contributed by atoms with Crippen LogP contribution in [0.25, 0.3) is 22.8 Å². The molecular weight excluding hydrogens is 336 g/mol. The van der Waals surface area contributed by atoms with E-state index in [1.54, 1.807) is 6.20 Å². The molecule has 0 bridgehead atoms. The summed E-state index contributed by atoms with van der Waals surface area (Å²) in [5.74, 6) is 1.94. The number of aromatic nitrogens is 3. The number of hydrogen-bond donors (Lipinski definition) is 0. The predicted molar refractivity (Wildman–Crippen MR) is 106 cm³/mol. The van der Waals surface area contributed by atoms with E-state index in [4.69, 9.17) is 4.52 Å². The summed E-state index contributed by atoms with van der Waals surface area (Å²) >= 11 is 0. The third-order valence-electron chi connectivity index (χ3n) is 4.38. The Morgan fingerprint density at radius 2 is 1.63 bits per heavy atom. The summed E-state index contributed by atoms with van der Waals surface area (Å²) in [7, 11) is 2.03. The van der Waals surface area contributed by atoms with Crippen molar-refractivity contribution in [2.75, 3.05) is 11.9 Å². The zero-order chi connectivity index (χ0) is 18.6. The fourth-order valence-corrected chi connectivity index (χ4v) is 2.84. The van der Waals surface area contributed by atoms with Crippen LogP contribution in [0, 0.1) is 6.92 Å². The molecule has 27 heavy (non-hydrogen) atoms. The van der Waals surface area contributed by atoms with Crippen LogP contribution in [0.5, 0.6) is 0 Å². The van der Waals surface area contributed by atoms with Gasteiger partial charge in [-0.15, -0.1) is 0 Å². The smallest absolute Gasteiger partial charge is 0.259 e. The van der Waals surface area contributed by atoms with Gasteiger partial charge in [0.2, 0.25) is 5.82 Å². The number of anilines is 1. The Morgan fingerprint density at radius 3 is 2.33 bits per heavy atom. The number of hydrogen-bond acceptors (Lipinski definition) is 5. The monoisotopic (exact) mass is 356 g/mol. The van der Waals surface area contributed by atoms with Gasteiger partial charge in [0.1, 0.15) is 5.82 Å². The van der Waals surface area contributed by atoms with Crippen molar-refractivity contribution in [1.82, 2.24) is 15.1 Å². The lowest BCUT2D eigenvalue weighted by atomic mass is 10.1. The van der Waals surface area contributed by atoms with Gasteiger partial charge < -0.3 is 9.42 Å². The standard InChI is InChI=1S/C22H20N4O/c1-16-8-10-18(11-9-16)21-24-22(27-25-21)19-12-13-20(23-14-19)26(2)15-17-6-4-3-5-7-17/h3-14H,15H2,1-2H3. The summed E-state index contributed by atoms with van der Waals surface area (Å²) < 4.78 is 5.42. The van der Waals surface area contributed by atoms with E-state index in [1.807, 2.05) is 68.6 Å². The highest BCUT2D eigenvalue weighted by Crippen LogP contribution is 2.23. The molecule has 5 heteroatoms. The average molecular weight is 356 g/mol. The second-order valence-corrected chi connectivity index (χ2v) is 6.54. The molecule has 0 N–H and O–H groups in total. The molecule has 0 radical (unpaired) electrons. The SMILES string of the molecule is Cc1ccc(-c2noc(-c3ccc(N(C)Cc4ccccc4)nc3)n2)cc1. The van der Waals surface area contributed by atoms with Crippen LogP contribution in [0.15, 0.2) is 77.4 Å². The molecule has 0 saturated heterocycles. The van der Waals surface area contributed by atoms with E-state index in [0.29, 0.717) is 11.7 Å². The van der Waals surface area contributed by atoms with E-state index in [9.17, 15) is 0 Å². The van der Waals surface area contributed by atoms with Crippen molar-refractivity contribution in [3.05, 3.63) is 84.1 Å². The molecule has 2 aromatic carbocycles. The van der Waals surface area contributed by atoms with Gasteiger partial charge in [0.15, 0.2) is 0 Å². The zero-order valence-electron chi connectivity index (χ0n) is 15.3. The van der Waals surface area contributed by atoms with Crippen molar-refractivity contribution in [2.45, 2.75) is 13.5 Å². The topological polar surface area (TPSA) is 55.1 Å². The van der Waals surface area contributed by atoms with Gasteiger partial charge >= 0.3 is 0 Å². The Balaban J connectivity index is 1.50. The maximum absolute atomic E-state index is 5.42. The summed E-state index contributed by atoms with van der Waals surface area (Å²) in [5, 5.41) is 4.08. The van der Waals surface area contributed by atoms with Gasteiger partial charge in [-0.3, -0.25) is 0 Å². The lowest BCUT2D eigenvalue weighted by molar-refractivity contribution is 0.432. The van der Waals surface area contributed by atoms with E-state index in [0.717, 1.165) is 23.5 Å². The lowest BCUT2D eigenvalue weighted by Crippen LogP contribution is -2.17. The molecule has 2 aromatic heterocycles. The van der Waals surface area contributed by atoms with Gasteiger partial charge in [0.25, 0.3) is 5.89 Å². The summed E-state index contributed by atoms with van der Waals surface area (Å²) in [6.45, 7) is 2.85. The second-order valence-electron chi connectivity index (χ2n) is 6.54. The molecule has 2 heterocycles. The first-order valence-electron chi connectivity index (χ1n) is 8.81. The van der Waals surface area contributed by atoms with Crippen LogP contribution in [-0.4, -0.2) is 22.2 Å². The van der Waals surface area contributed by atoms with Gasteiger partial charge in [0.05, 0.1) is 5.56 Å². The van der Waals surface area contributed by atoms with Crippen LogP contribution in [-0.2, 0) is 6.54 Å². The second kappa shape index (κ2) is 7.41. The third kappa shape index (κ3) is 3.87. The van der Waals surface area contributed by atoms with Gasteiger partial charge in [-0.1, -0.05) is 65.3 Å². The van der Waals surface area contributed by atoms with Crippen LogP contribution in [0.4, 0.5) is 5.82 Å². The minimum Gasteiger partial charge on any atom is -0.355 e. The number of rotatable bonds is 5. The Labute approximate surface area is 158 Å². The Kier molecular flexibility index (Phi) is 4.66. The van der Waals surface area contributed by atoms with Crippen molar-refractivity contribution in [3.8, 4) is 22.8 Å². The highest BCUT2D eigenvalue weighted by atomic mass is 16.5. The van der Waals surface area contributed by atoms with Gasteiger partial charge in [-0.25, -0.2) is 4.98 Å². The molecule has 4 rings (SSSR count). The van der Waals surface area contributed by atoms with E-state index in [2.05, 4.69) is 32.2 Å². The van der Waals surface area contributed by atoms with Crippen molar-refractivity contribution < 1.29 is 4.52 Å². The first kappa shape index (κ1) is 17.0. The van der Waals surface area contributed by atoms with Crippen LogP contribution < -0.4 is 4.90 Å². The number of benzene rings is 2. The Hall–Kier alpha value is -3.47. The van der Waals surface area contributed by atoms with Crippen molar-refractivity contribution >= 4 is 5.82 Å². The highest BCUT2D eigenvalue weighted by Gasteiger charge is 2.12. The summed E-state index contributed by atoms with van der Waals surface area (Å²) in [5.41, 5.74) is 4.17. The molecule has 5 nitrogen and oxygen atoms in total. The third-order valence-corrected chi connectivity index (χ3v) is 4.38. The minimum atomic E-state index is 0.468. The number of pyridine rings is 1. The summed E-state index contributed by atoms with van der Waals surface area (Å²) in [6.07, 6.45) is 1.77. The van der Waals surface area contributed by atoms with E-state index >= 15 is 0 Å². The summed E-state index contributed by atoms with van der Waals surface area (Å²) in [4.78, 5) is 11.1. The molecule has 0 spiro atoms. The van der Waals surface area contributed by atoms with Gasteiger partial charge in [0, 0.05) is 25.4 Å². The van der Waals surface area contributed by atoms with E-state index in [-0.39, 0.29) is 0 Å². The maximum Gasteiger partial charge on any atom is 0.259 e. The number of aryl methyl sites for hydroxylation is 1. The van der Waals surface area contributed by atoms with Crippen LogP contribution >= 0.6 is 0 Å². The van der Waals surface area contributed by atoms with E-state index in [1.165, 1.54) is 11.1 Å². The maximum atomic E-state index is 5.42. The average Bonchev–Trinajstić information content (AvgIpc) is 3.20. The fourth-order valence-electron chi connectivity index (χ4n) is 2.84. The fraction of sp³-hybridized carbons (Fsp3) is 0.136. The largest absolute Gasteiger partial charge is 0.355 e. The first-order chi connectivity index (χ1) is 13.2. The molecular formula is C22H20N4O. The van der Waals surface area contributed by atoms with Crippen molar-refractivity contribution in [3.63, 3.8) is 0 Å². The molecule has 0 amide bonds. The van der Waals surface area contributed by atoms with Crippen molar-refractivity contribution in [1.29, 1.82) is 0 Å². The summed E-state index contributed by atoms with van der Waals surface area (Å²) in [6, 6.07) is 22.3. The van der Waals surface area contributed by atoms with E-state index < -0.39 is 0 Å². The van der Waals surface area contributed by atoms with Crippen LogP contribution in [0.3, 0.4) is 0 Å². The molecule has 0 unspecified atom stereocenters. The molecule has 0 aliphatic carbocycles. The Bertz CT molecular complexity index is 1010. The molecule has 4 aromatic rings. The van der Waals surface area contributed by atoms with Crippen molar-refractivity contribution in [2.24, 2.45) is 0 Å². The molecule has 134 valence electrons. The van der Waals surface area contributed by atoms with Gasteiger partial charge in [-0.2, -0.15) is 4.98 Å². The Morgan fingerprint density at radius 1 is 0.889 bits per heavy atom. The normalized spacial score (nSPS) is 10.7. The molecule has 0 atom stereocenters. The van der Waals surface area contributed by atoms with Crippen LogP contribution in [0.2, 0.25) is 0 Å². The van der Waals surface area contributed by atoms with Gasteiger partial charge in [-0.05, 0) is 24.6 Å². The first-order valence-corrected chi connectivity index (χ1v) is 8.81. The highest BCUT2D eigenvalue weighted by molar-refractivity contribution is 5.60. The molecule has 0 aliphatic rings. The quantitative estimate of drug-likeness (QED) is 0.517. The van der Waals surface area contributed by atoms with Crippen LogP contribution in [0.1, 0.15) is 11.1 Å².